The summed E-state index contributed by atoms with van der Waals surface area (Å²) in [6.45, 7) is 1.39. The lowest BCUT2D eigenvalue weighted by molar-refractivity contribution is 0.192. The van der Waals surface area contributed by atoms with E-state index < -0.39 is 0 Å². The van der Waals surface area contributed by atoms with Crippen molar-refractivity contribution in [2.24, 2.45) is 0 Å². The van der Waals surface area contributed by atoms with Crippen LogP contribution in [0.3, 0.4) is 0 Å². The summed E-state index contributed by atoms with van der Waals surface area (Å²) in [4.78, 5) is 4.42. The number of benzene rings is 1. The first-order chi connectivity index (χ1) is 9.28. The third-order valence-electron chi connectivity index (χ3n) is 3.13. The third-order valence-corrected chi connectivity index (χ3v) is 3.36. The van der Waals surface area contributed by atoms with E-state index in [1.165, 1.54) is 0 Å². The zero-order valence-electron chi connectivity index (χ0n) is 10.4. The second kappa shape index (κ2) is 5.19. The molecule has 19 heavy (non-hydrogen) atoms. The second-order valence-corrected chi connectivity index (χ2v) is 4.80. The van der Waals surface area contributed by atoms with Gasteiger partial charge >= 0.3 is 0 Å². The molecule has 0 bridgehead atoms. The molecule has 1 saturated heterocycles. The molecule has 1 aromatic carbocycles. The smallest absolute Gasteiger partial charge is 0.261 e. The summed E-state index contributed by atoms with van der Waals surface area (Å²) < 4.78 is 15.9. The van der Waals surface area contributed by atoms with Crippen LogP contribution in [-0.2, 0) is 4.74 Å². The Labute approximate surface area is 115 Å². The minimum Gasteiger partial charge on any atom is -0.496 e. The first-order valence-electron chi connectivity index (χ1n) is 6.03. The summed E-state index contributed by atoms with van der Waals surface area (Å²) in [5.41, 5.74) is 0.702. The zero-order valence-corrected chi connectivity index (χ0v) is 11.2. The van der Waals surface area contributed by atoms with Gasteiger partial charge in [-0.2, -0.15) is 4.98 Å². The number of halogens is 1. The van der Waals surface area contributed by atoms with E-state index in [0.29, 0.717) is 34.7 Å². The van der Waals surface area contributed by atoms with Gasteiger partial charge in [0.25, 0.3) is 5.89 Å². The molecule has 0 radical (unpaired) electrons. The lowest BCUT2D eigenvalue weighted by atomic mass is 10.1. The SMILES string of the molecule is COc1ccc(Cl)cc1-c1nc(C2CCOC2)no1. The fourth-order valence-electron chi connectivity index (χ4n) is 2.10. The highest BCUT2D eigenvalue weighted by atomic mass is 35.5. The Morgan fingerprint density at radius 3 is 3.05 bits per heavy atom. The minimum absolute atomic E-state index is 0.211. The van der Waals surface area contributed by atoms with E-state index in [9.17, 15) is 0 Å². The van der Waals surface area contributed by atoms with Crippen LogP contribution in [0.5, 0.6) is 5.75 Å². The van der Waals surface area contributed by atoms with E-state index in [4.69, 9.17) is 25.6 Å². The standard InChI is InChI=1S/C13H13ClN2O3/c1-17-11-3-2-9(14)6-10(11)13-15-12(16-19-13)8-4-5-18-7-8/h2-3,6,8H,4-5,7H2,1H3. The molecule has 1 aromatic heterocycles. The number of nitrogens with zero attached hydrogens (tertiary/aromatic N) is 2. The predicted molar refractivity (Wildman–Crippen MR) is 69.5 cm³/mol. The van der Waals surface area contributed by atoms with E-state index in [-0.39, 0.29) is 5.92 Å². The molecular formula is C13H13ClN2O3. The van der Waals surface area contributed by atoms with E-state index in [1.54, 1.807) is 25.3 Å². The van der Waals surface area contributed by atoms with Gasteiger partial charge in [0.15, 0.2) is 5.82 Å². The molecule has 5 nitrogen and oxygen atoms in total. The van der Waals surface area contributed by atoms with Crippen molar-refractivity contribution in [2.75, 3.05) is 20.3 Å². The lowest BCUT2D eigenvalue weighted by Crippen LogP contribution is -1.99. The molecule has 0 N–H and O–H groups in total. The van der Waals surface area contributed by atoms with Gasteiger partial charge in [0.05, 0.1) is 19.3 Å². The predicted octanol–water partition coefficient (Wildman–Crippen LogP) is 2.90. The topological polar surface area (TPSA) is 57.4 Å². The molecule has 1 fully saturated rings. The van der Waals surface area contributed by atoms with Crippen molar-refractivity contribution in [1.82, 2.24) is 10.1 Å². The minimum atomic E-state index is 0.211. The Bertz CT molecular complexity index is 579. The van der Waals surface area contributed by atoms with Crippen LogP contribution in [0.1, 0.15) is 18.2 Å². The number of ether oxygens (including phenoxy) is 2. The molecule has 3 rings (SSSR count). The Hall–Kier alpha value is -1.59. The summed E-state index contributed by atoms with van der Waals surface area (Å²) in [5, 5.41) is 4.61. The lowest BCUT2D eigenvalue weighted by Gasteiger charge is -2.04. The summed E-state index contributed by atoms with van der Waals surface area (Å²) in [7, 11) is 1.59. The maximum Gasteiger partial charge on any atom is 0.261 e. The maximum atomic E-state index is 5.99. The van der Waals surface area contributed by atoms with Crippen LogP contribution >= 0.6 is 11.6 Å². The monoisotopic (exact) mass is 280 g/mol. The number of hydrogen-bond donors (Lipinski definition) is 0. The van der Waals surface area contributed by atoms with Crippen molar-refractivity contribution in [2.45, 2.75) is 12.3 Å². The summed E-state index contributed by atoms with van der Waals surface area (Å²) in [5.74, 6) is 1.96. The quantitative estimate of drug-likeness (QED) is 0.865. The molecule has 6 heteroatoms. The first-order valence-corrected chi connectivity index (χ1v) is 6.41. The largest absolute Gasteiger partial charge is 0.496 e. The summed E-state index contributed by atoms with van der Waals surface area (Å²) in [6, 6.07) is 5.29. The average Bonchev–Trinajstić information content (AvgIpc) is 3.09. The van der Waals surface area contributed by atoms with E-state index in [1.807, 2.05) is 0 Å². The van der Waals surface area contributed by atoms with Crippen molar-refractivity contribution < 1.29 is 14.0 Å². The highest BCUT2D eigenvalue weighted by Gasteiger charge is 2.24. The van der Waals surface area contributed by atoms with Crippen LogP contribution in [0.15, 0.2) is 22.7 Å². The Morgan fingerprint density at radius 1 is 1.42 bits per heavy atom. The highest BCUT2D eigenvalue weighted by Crippen LogP contribution is 2.32. The molecule has 0 saturated carbocycles. The van der Waals surface area contributed by atoms with E-state index in [0.717, 1.165) is 13.0 Å². The molecule has 0 spiro atoms. The highest BCUT2D eigenvalue weighted by molar-refractivity contribution is 6.30. The van der Waals surface area contributed by atoms with Crippen LogP contribution in [0, 0.1) is 0 Å². The molecule has 2 aromatic rings. The van der Waals surface area contributed by atoms with Crippen molar-refractivity contribution in [3.8, 4) is 17.2 Å². The van der Waals surface area contributed by atoms with Gasteiger partial charge in [0.2, 0.25) is 0 Å². The third kappa shape index (κ3) is 2.43. The molecule has 1 aliphatic heterocycles. The molecule has 100 valence electrons. The van der Waals surface area contributed by atoms with Gasteiger partial charge in [-0.05, 0) is 24.6 Å². The normalized spacial score (nSPS) is 18.7. The Kier molecular flexibility index (Phi) is 3.40. The number of methoxy groups -OCH3 is 1. The molecule has 0 aliphatic carbocycles. The number of aromatic nitrogens is 2. The van der Waals surface area contributed by atoms with Gasteiger partial charge in [0, 0.05) is 17.5 Å². The molecular weight excluding hydrogens is 268 g/mol. The zero-order chi connectivity index (χ0) is 13.2. The average molecular weight is 281 g/mol. The Balaban J connectivity index is 1.95. The van der Waals surface area contributed by atoms with Gasteiger partial charge in [-0.3, -0.25) is 0 Å². The molecule has 1 atom stereocenters. The van der Waals surface area contributed by atoms with Gasteiger partial charge in [-0.25, -0.2) is 0 Å². The van der Waals surface area contributed by atoms with Gasteiger partial charge in [-0.15, -0.1) is 0 Å². The first kappa shape index (κ1) is 12.4. The number of hydrogen-bond acceptors (Lipinski definition) is 5. The summed E-state index contributed by atoms with van der Waals surface area (Å²) >= 11 is 5.99. The molecule has 1 aliphatic rings. The van der Waals surface area contributed by atoms with Crippen LogP contribution in [0.2, 0.25) is 5.02 Å². The maximum absolute atomic E-state index is 5.99. The van der Waals surface area contributed by atoms with Crippen LogP contribution in [-0.4, -0.2) is 30.5 Å². The Morgan fingerprint density at radius 2 is 2.32 bits per heavy atom. The molecule has 1 unspecified atom stereocenters. The molecule has 0 amide bonds. The van der Waals surface area contributed by atoms with Gasteiger partial charge in [0.1, 0.15) is 5.75 Å². The van der Waals surface area contributed by atoms with Crippen molar-refractivity contribution in [1.29, 1.82) is 0 Å². The van der Waals surface area contributed by atoms with Crippen LogP contribution in [0.4, 0.5) is 0 Å². The van der Waals surface area contributed by atoms with Crippen molar-refractivity contribution in [3.05, 3.63) is 29.0 Å². The summed E-state index contributed by atoms with van der Waals surface area (Å²) in [6.07, 6.45) is 0.922. The van der Waals surface area contributed by atoms with Gasteiger partial charge < -0.3 is 14.0 Å². The fraction of sp³-hybridized carbons (Fsp3) is 0.385. The van der Waals surface area contributed by atoms with Gasteiger partial charge in [-0.1, -0.05) is 16.8 Å². The molecule has 2 heterocycles. The number of rotatable bonds is 3. The van der Waals surface area contributed by atoms with E-state index >= 15 is 0 Å². The second-order valence-electron chi connectivity index (χ2n) is 4.36. The van der Waals surface area contributed by atoms with Crippen LogP contribution in [0.25, 0.3) is 11.5 Å². The van der Waals surface area contributed by atoms with E-state index in [2.05, 4.69) is 10.1 Å². The fourth-order valence-corrected chi connectivity index (χ4v) is 2.27. The van der Waals surface area contributed by atoms with Crippen molar-refractivity contribution in [3.63, 3.8) is 0 Å². The van der Waals surface area contributed by atoms with Crippen LogP contribution < -0.4 is 4.74 Å². The van der Waals surface area contributed by atoms with Crippen molar-refractivity contribution >= 4 is 11.6 Å².